The number of fused-ring (bicyclic) bond motifs is 1. The molecule has 0 amide bonds. The van der Waals surface area contributed by atoms with Gasteiger partial charge < -0.3 is 33.7 Å². The second-order valence-corrected chi connectivity index (χ2v) is 6.83. The molecule has 0 aliphatic carbocycles. The molecule has 9 nitrogen and oxygen atoms in total. The number of H-pyrrole nitrogens is 1. The Morgan fingerprint density at radius 1 is 1.14 bits per heavy atom. The maximum Gasteiger partial charge on any atom is 2.00 e. The normalized spacial score (nSPS) is 10.6. The Morgan fingerprint density at radius 2 is 1.82 bits per heavy atom. The van der Waals surface area contributed by atoms with Gasteiger partial charge in [-0.05, 0) is 26.0 Å². The molecule has 0 radical (unpaired) electrons. The van der Waals surface area contributed by atoms with E-state index in [-0.39, 0.29) is 48.1 Å². The zero-order chi connectivity index (χ0) is 17.3. The summed E-state index contributed by atoms with van der Waals surface area (Å²) in [6.07, 6.45) is 1.74. The van der Waals surface area contributed by atoms with Crippen LogP contribution in [0, 0.1) is 13.8 Å². The monoisotopic (exact) mass is 425 g/mol. The maximum atomic E-state index is 12.7. The minimum Gasteiger partial charge on any atom is -1.00 e. The van der Waals surface area contributed by atoms with Gasteiger partial charge in [-0.25, -0.2) is 4.98 Å². The van der Waals surface area contributed by atoms with E-state index < -0.39 is 10.8 Å². The number of aromatic amines is 1. The van der Waals surface area contributed by atoms with E-state index in [4.69, 9.17) is 9.47 Å². The van der Waals surface area contributed by atoms with Crippen LogP contribution in [0.1, 0.15) is 19.7 Å². The number of methoxy groups -OCH3 is 2. The fourth-order valence-electron chi connectivity index (χ4n) is 2.61. The Morgan fingerprint density at radius 3 is 2.43 bits per heavy atom. The molecule has 3 rings (SSSR count). The fraction of sp³-hybridized carbons (Fsp3) is 0.294. The van der Waals surface area contributed by atoms with E-state index >= 15 is 0 Å². The van der Waals surface area contributed by atoms with Crippen LogP contribution in [0.2, 0.25) is 0 Å². The van der Waals surface area contributed by atoms with Crippen LogP contribution in [-0.2, 0) is 16.6 Å². The second kappa shape index (κ2) is 11.9. The van der Waals surface area contributed by atoms with Gasteiger partial charge in [0.05, 0.1) is 47.5 Å². The summed E-state index contributed by atoms with van der Waals surface area (Å²) in [6, 6.07) is 5.50. The van der Waals surface area contributed by atoms with E-state index in [0.29, 0.717) is 5.16 Å². The number of hydrogen-bond acceptors (Lipinski definition) is 5. The van der Waals surface area contributed by atoms with Crippen molar-refractivity contribution >= 4 is 44.9 Å². The number of nitrogens with zero attached hydrogens (tertiary/aromatic N) is 2. The standard InChI is InChI=1S/C17H19N3O3S.Mg.3H2O.2H/c1-10-8-18-15(11(2)16(10)23-4)9-24(21)17-19-13-6-5-12(22-3)7-14(13)20-17;;;;;;/h5-8H,9H2,1-4H3,(H,19,20);;3*1H2;;/q;+2;;;;2*-1/t24-;;;;;;/m0....../s1. The fourth-order valence-corrected chi connectivity index (χ4v) is 3.71. The number of imidazole rings is 1. The summed E-state index contributed by atoms with van der Waals surface area (Å²) in [7, 11) is 1.91. The third-order valence-corrected chi connectivity index (χ3v) is 5.06. The summed E-state index contributed by atoms with van der Waals surface area (Å²) in [5.41, 5.74) is 4.16. The van der Waals surface area contributed by atoms with E-state index in [1.165, 1.54) is 0 Å². The number of aryl methyl sites for hydroxylation is 1. The van der Waals surface area contributed by atoms with E-state index in [2.05, 4.69) is 15.0 Å². The molecule has 0 saturated carbocycles. The van der Waals surface area contributed by atoms with Gasteiger partial charge in [-0.1, -0.05) is 0 Å². The van der Waals surface area contributed by atoms with Crippen molar-refractivity contribution in [2.45, 2.75) is 24.8 Å². The molecule has 0 aliphatic heterocycles. The minimum absolute atomic E-state index is 0. The largest absolute Gasteiger partial charge is 2.00 e. The van der Waals surface area contributed by atoms with Gasteiger partial charge >= 0.3 is 23.1 Å². The number of benzene rings is 1. The van der Waals surface area contributed by atoms with Gasteiger partial charge in [0, 0.05) is 23.4 Å². The summed E-state index contributed by atoms with van der Waals surface area (Å²) in [5, 5.41) is 0.430. The summed E-state index contributed by atoms with van der Waals surface area (Å²) >= 11 is 0. The number of ether oxygens (including phenoxy) is 2. The molecule has 0 unspecified atom stereocenters. The smallest absolute Gasteiger partial charge is 1.00 e. The SMILES string of the molecule is COc1ccc2nc([S@@](=O)Cc3ncc(C)c(OC)c3C)[nH]c2c1.O.O.O.[H-].[H-].[Mg+2]. The van der Waals surface area contributed by atoms with Crippen molar-refractivity contribution < 1.29 is 33.0 Å². The van der Waals surface area contributed by atoms with Crippen LogP contribution in [0.15, 0.2) is 29.6 Å². The molecule has 11 heteroatoms. The first-order chi connectivity index (χ1) is 11.5. The van der Waals surface area contributed by atoms with Crippen LogP contribution < -0.4 is 9.47 Å². The van der Waals surface area contributed by atoms with E-state index in [1.54, 1.807) is 20.4 Å². The van der Waals surface area contributed by atoms with Crippen LogP contribution in [0.3, 0.4) is 0 Å². The Bertz CT molecular complexity index is 945. The van der Waals surface area contributed by atoms with Gasteiger partial charge in [0.25, 0.3) is 0 Å². The van der Waals surface area contributed by atoms with Crippen molar-refractivity contribution in [3.05, 3.63) is 41.2 Å². The topological polar surface area (TPSA) is 172 Å². The quantitative estimate of drug-likeness (QED) is 0.577. The first-order valence-electron chi connectivity index (χ1n) is 7.44. The van der Waals surface area contributed by atoms with Crippen molar-refractivity contribution in [3.63, 3.8) is 0 Å². The Kier molecular flexibility index (Phi) is 12.1. The number of hydrogen-bond donors (Lipinski definition) is 1. The molecule has 0 aliphatic rings. The molecule has 1 aromatic carbocycles. The molecule has 28 heavy (non-hydrogen) atoms. The number of aromatic nitrogens is 3. The van der Waals surface area contributed by atoms with Crippen LogP contribution in [0.25, 0.3) is 11.0 Å². The molecule has 7 N–H and O–H groups in total. The van der Waals surface area contributed by atoms with Crippen LogP contribution in [0.4, 0.5) is 0 Å². The zero-order valence-electron chi connectivity index (χ0n) is 18.3. The van der Waals surface area contributed by atoms with Crippen LogP contribution >= 0.6 is 0 Å². The van der Waals surface area contributed by atoms with Gasteiger partial charge in [0.2, 0.25) is 0 Å². The summed E-state index contributed by atoms with van der Waals surface area (Å²) in [4.78, 5) is 11.9. The zero-order valence-corrected chi connectivity index (χ0v) is 18.5. The second-order valence-electron chi connectivity index (χ2n) is 5.46. The van der Waals surface area contributed by atoms with Crippen LogP contribution in [-0.4, -0.2) is 72.9 Å². The Labute approximate surface area is 184 Å². The van der Waals surface area contributed by atoms with Crippen molar-refractivity contribution in [3.8, 4) is 11.5 Å². The van der Waals surface area contributed by atoms with E-state index in [1.807, 2.05) is 32.0 Å². The molecule has 2 aromatic heterocycles. The van der Waals surface area contributed by atoms with Crippen LogP contribution in [0.5, 0.6) is 11.5 Å². The van der Waals surface area contributed by atoms with Gasteiger partial charge in [-0.15, -0.1) is 0 Å². The Balaban J connectivity index is -0.000000563. The molecule has 154 valence electrons. The number of pyridine rings is 1. The van der Waals surface area contributed by atoms with E-state index in [0.717, 1.165) is 39.4 Å². The summed E-state index contributed by atoms with van der Waals surface area (Å²) < 4.78 is 23.3. The molecule has 0 fully saturated rings. The van der Waals surface area contributed by atoms with Gasteiger partial charge in [0.15, 0.2) is 5.16 Å². The third kappa shape index (κ3) is 5.62. The minimum atomic E-state index is -1.33. The molecule has 0 spiro atoms. The van der Waals surface area contributed by atoms with Gasteiger partial charge in [-0.2, -0.15) is 0 Å². The third-order valence-electron chi connectivity index (χ3n) is 3.90. The maximum absolute atomic E-state index is 12.7. The molecule has 0 bridgehead atoms. The van der Waals surface area contributed by atoms with Crippen molar-refractivity contribution in [2.24, 2.45) is 0 Å². The van der Waals surface area contributed by atoms with Gasteiger partial charge in [0.1, 0.15) is 11.5 Å². The molecular weight excluding hydrogens is 399 g/mol. The average molecular weight is 426 g/mol. The van der Waals surface area contributed by atoms with Crippen molar-refractivity contribution in [2.75, 3.05) is 14.2 Å². The number of nitrogens with one attached hydrogen (secondary N) is 1. The number of rotatable bonds is 5. The predicted molar refractivity (Wildman–Crippen MR) is 112 cm³/mol. The van der Waals surface area contributed by atoms with E-state index in [9.17, 15) is 4.21 Å². The van der Waals surface area contributed by atoms with Crippen molar-refractivity contribution in [1.82, 2.24) is 15.0 Å². The molecule has 2 heterocycles. The summed E-state index contributed by atoms with van der Waals surface area (Å²) in [5.74, 6) is 1.79. The molecular formula is C17H27MgN3O6S. The first-order valence-corrected chi connectivity index (χ1v) is 8.76. The van der Waals surface area contributed by atoms with Gasteiger partial charge in [-0.3, -0.25) is 9.19 Å². The predicted octanol–water partition coefficient (Wildman–Crippen LogP) is 0.270. The average Bonchev–Trinajstić information content (AvgIpc) is 3.01. The molecule has 0 saturated heterocycles. The Hall–Kier alpha value is -1.76. The summed E-state index contributed by atoms with van der Waals surface area (Å²) in [6.45, 7) is 3.86. The molecule has 1 atom stereocenters. The van der Waals surface area contributed by atoms with Crippen molar-refractivity contribution in [1.29, 1.82) is 0 Å². The first kappa shape index (κ1) is 28.4. The molecule has 3 aromatic rings.